The number of carbonyl (C=O) groups is 2. The molecule has 0 radical (unpaired) electrons. The van der Waals surface area contributed by atoms with Gasteiger partial charge in [-0.2, -0.15) is 0 Å². The second-order valence-electron chi connectivity index (χ2n) is 7.11. The molecule has 138 valence electrons. The summed E-state index contributed by atoms with van der Waals surface area (Å²) in [5.41, 5.74) is 7.03. The van der Waals surface area contributed by atoms with Gasteiger partial charge in [-0.25, -0.2) is 4.39 Å². The lowest BCUT2D eigenvalue weighted by molar-refractivity contribution is -0.113. The van der Waals surface area contributed by atoms with Crippen LogP contribution in [0, 0.1) is 12.7 Å². The summed E-state index contributed by atoms with van der Waals surface area (Å²) in [6.07, 6.45) is 0. The largest absolute Gasteiger partial charge is 0.366 e. The van der Waals surface area contributed by atoms with E-state index in [4.69, 9.17) is 5.73 Å². The molecule has 0 aliphatic heterocycles. The van der Waals surface area contributed by atoms with E-state index in [9.17, 15) is 14.0 Å². The lowest BCUT2D eigenvalue weighted by Crippen LogP contribution is -2.17. The van der Waals surface area contributed by atoms with Gasteiger partial charge in [0.1, 0.15) is 5.82 Å². The topological polar surface area (TPSA) is 72.2 Å². The van der Waals surface area contributed by atoms with Gasteiger partial charge in [0.2, 0.25) is 11.8 Å². The molecule has 0 unspecified atom stereocenters. The summed E-state index contributed by atoms with van der Waals surface area (Å²) in [4.78, 5) is 24.4. The van der Waals surface area contributed by atoms with Crippen LogP contribution in [0.1, 0.15) is 42.3 Å². The summed E-state index contributed by atoms with van der Waals surface area (Å²) in [6.45, 7) is 7.97. The lowest BCUT2D eigenvalue weighted by atomic mass is 9.87. The summed E-state index contributed by atoms with van der Waals surface area (Å²) < 4.78 is 13.9. The van der Waals surface area contributed by atoms with Crippen molar-refractivity contribution in [1.29, 1.82) is 0 Å². The molecule has 3 N–H and O–H groups in total. The van der Waals surface area contributed by atoms with Crippen molar-refractivity contribution >= 4 is 29.3 Å². The summed E-state index contributed by atoms with van der Waals surface area (Å²) >= 11 is 1.39. The average molecular weight is 374 g/mol. The van der Waals surface area contributed by atoms with Crippen molar-refractivity contribution < 1.29 is 14.0 Å². The zero-order chi connectivity index (χ0) is 19.5. The Morgan fingerprint density at radius 2 is 1.77 bits per heavy atom. The van der Waals surface area contributed by atoms with Crippen LogP contribution in [0.3, 0.4) is 0 Å². The molecule has 0 fully saturated rings. The Balaban J connectivity index is 2.02. The number of anilines is 1. The van der Waals surface area contributed by atoms with Gasteiger partial charge in [-0.15, -0.1) is 11.8 Å². The molecule has 2 rings (SSSR count). The fraction of sp³-hybridized carbons (Fsp3) is 0.300. The van der Waals surface area contributed by atoms with Gasteiger partial charge in [0.05, 0.1) is 5.75 Å². The van der Waals surface area contributed by atoms with Crippen molar-refractivity contribution in [2.75, 3.05) is 11.1 Å². The van der Waals surface area contributed by atoms with Crippen LogP contribution >= 0.6 is 11.8 Å². The van der Waals surface area contributed by atoms with Gasteiger partial charge in [0.25, 0.3) is 0 Å². The fourth-order valence-corrected chi connectivity index (χ4v) is 3.04. The molecule has 0 heterocycles. The summed E-state index contributed by atoms with van der Waals surface area (Å²) in [7, 11) is 0. The van der Waals surface area contributed by atoms with Crippen molar-refractivity contribution in [2.24, 2.45) is 5.73 Å². The van der Waals surface area contributed by atoms with Crippen LogP contribution in [0.15, 0.2) is 41.3 Å². The van der Waals surface area contributed by atoms with Crippen molar-refractivity contribution in [2.45, 2.75) is 38.0 Å². The van der Waals surface area contributed by atoms with Crippen LogP contribution in [0.2, 0.25) is 0 Å². The molecule has 0 aliphatic carbocycles. The predicted molar refractivity (Wildman–Crippen MR) is 104 cm³/mol. The highest BCUT2D eigenvalue weighted by Crippen LogP contribution is 2.26. The van der Waals surface area contributed by atoms with Gasteiger partial charge in [0.15, 0.2) is 0 Å². The average Bonchev–Trinajstić information content (AvgIpc) is 2.56. The molecule has 0 saturated heterocycles. The highest BCUT2D eigenvalue weighted by Gasteiger charge is 2.14. The van der Waals surface area contributed by atoms with Crippen molar-refractivity contribution in [1.82, 2.24) is 0 Å². The van der Waals surface area contributed by atoms with Gasteiger partial charge in [-0.3, -0.25) is 9.59 Å². The predicted octanol–water partition coefficient (Wildman–Crippen LogP) is 4.26. The molecule has 26 heavy (non-hydrogen) atoms. The number of hydrogen-bond acceptors (Lipinski definition) is 3. The molecule has 4 nitrogen and oxygen atoms in total. The number of hydrogen-bond donors (Lipinski definition) is 2. The first-order valence-corrected chi connectivity index (χ1v) is 9.19. The third-order valence-corrected chi connectivity index (χ3v) is 5.01. The Labute approximate surface area is 157 Å². The van der Waals surface area contributed by atoms with E-state index in [0.717, 1.165) is 11.0 Å². The molecule has 6 heteroatoms. The number of thioether (sulfide) groups is 1. The SMILES string of the molecule is Cc1c(F)cc(C(N)=O)cc1NC(=O)CSc1ccc(C(C)(C)C)cc1. The third-order valence-electron chi connectivity index (χ3n) is 3.99. The van der Waals surface area contributed by atoms with Crippen LogP contribution in [-0.4, -0.2) is 17.6 Å². The van der Waals surface area contributed by atoms with Crippen molar-refractivity contribution in [3.05, 3.63) is 58.9 Å². The first kappa shape index (κ1) is 20.0. The fourth-order valence-electron chi connectivity index (χ4n) is 2.34. The van der Waals surface area contributed by atoms with Crippen LogP contribution in [-0.2, 0) is 10.2 Å². The number of amides is 2. The number of nitrogens with two attached hydrogens (primary N) is 1. The molecule has 0 saturated carbocycles. The first-order chi connectivity index (χ1) is 12.1. The summed E-state index contributed by atoms with van der Waals surface area (Å²) in [5, 5.41) is 2.64. The number of benzene rings is 2. The maximum Gasteiger partial charge on any atom is 0.248 e. The molecular weight excluding hydrogens is 351 g/mol. The van der Waals surface area contributed by atoms with E-state index in [-0.39, 0.29) is 33.9 Å². The van der Waals surface area contributed by atoms with Gasteiger partial charge in [-0.1, -0.05) is 32.9 Å². The molecule has 0 bridgehead atoms. The van der Waals surface area contributed by atoms with E-state index < -0.39 is 11.7 Å². The quantitative estimate of drug-likeness (QED) is 0.768. The first-order valence-electron chi connectivity index (χ1n) is 8.21. The smallest absolute Gasteiger partial charge is 0.248 e. The van der Waals surface area contributed by atoms with Crippen LogP contribution in [0.4, 0.5) is 10.1 Å². The lowest BCUT2D eigenvalue weighted by Gasteiger charge is -2.19. The standard InChI is InChI=1S/C20H23FN2O2S/c1-12-16(21)9-13(19(22)25)10-17(12)23-18(24)11-26-15-7-5-14(6-8-15)20(2,3)4/h5-10H,11H2,1-4H3,(H2,22,25)(H,23,24). The normalized spacial score (nSPS) is 11.3. The van der Waals surface area contributed by atoms with E-state index in [1.165, 1.54) is 30.3 Å². The summed E-state index contributed by atoms with van der Waals surface area (Å²) in [6, 6.07) is 10.5. The van der Waals surface area contributed by atoms with E-state index in [1.807, 2.05) is 12.1 Å². The summed E-state index contributed by atoms with van der Waals surface area (Å²) in [5.74, 6) is -1.43. The number of carbonyl (C=O) groups excluding carboxylic acids is 2. The highest BCUT2D eigenvalue weighted by atomic mass is 32.2. The molecule has 0 aliphatic rings. The van der Waals surface area contributed by atoms with Crippen LogP contribution in [0.5, 0.6) is 0 Å². The maximum atomic E-state index is 13.9. The molecular formula is C20H23FN2O2S. The number of rotatable bonds is 5. The van der Waals surface area contributed by atoms with Crippen LogP contribution < -0.4 is 11.1 Å². The number of nitrogens with one attached hydrogen (secondary N) is 1. The zero-order valence-electron chi connectivity index (χ0n) is 15.4. The second kappa shape index (κ2) is 7.91. The number of halogens is 1. The monoisotopic (exact) mass is 374 g/mol. The van der Waals surface area contributed by atoms with Crippen LogP contribution in [0.25, 0.3) is 0 Å². The minimum atomic E-state index is -0.743. The Morgan fingerprint density at radius 1 is 1.15 bits per heavy atom. The molecule has 2 aromatic rings. The van der Waals surface area contributed by atoms with E-state index in [2.05, 4.69) is 38.2 Å². The maximum absolute atomic E-state index is 13.9. The van der Waals surface area contributed by atoms with E-state index in [1.54, 1.807) is 0 Å². The molecule has 2 aromatic carbocycles. The van der Waals surface area contributed by atoms with Gasteiger partial charge >= 0.3 is 0 Å². The minimum Gasteiger partial charge on any atom is -0.366 e. The minimum absolute atomic E-state index is 0.0221. The highest BCUT2D eigenvalue weighted by molar-refractivity contribution is 8.00. The van der Waals surface area contributed by atoms with E-state index in [0.29, 0.717) is 0 Å². The van der Waals surface area contributed by atoms with Crippen molar-refractivity contribution in [3.8, 4) is 0 Å². The Kier molecular flexibility index (Phi) is 6.08. The van der Waals surface area contributed by atoms with Crippen molar-refractivity contribution in [3.63, 3.8) is 0 Å². The number of primary amides is 1. The van der Waals surface area contributed by atoms with Gasteiger partial charge in [-0.05, 0) is 42.2 Å². The second-order valence-corrected chi connectivity index (χ2v) is 8.15. The zero-order valence-corrected chi connectivity index (χ0v) is 16.2. The Morgan fingerprint density at radius 3 is 2.31 bits per heavy atom. The molecule has 0 atom stereocenters. The molecule has 0 aromatic heterocycles. The molecule has 2 amide bonds. The Hall–Kier alpha value is -2.34. The van der Waals surface area contributed by atoms with E-state index >= 15 is 0 Å². The van der Waals surface area contributed by atoms with Gasteiger partial charge in [0, 0.05) is 21.7 Å². The molecule has 0 spiro atoms. The van der Waals surface area contributed by atoms with Gasteiger partial charge < -0.3 is 11.1 Å². The third kappa shape index (κ3) is 5.08. The Bertz CT molecular complexity index is 827.